The predicted octanol–water partition coefficient (Wildman–Crippen LogP) is 3.06. The molecule has 0 aliphatic heterocycles. The highest BCUT2D eigenvalue weighted by Gasteiger charge is 2.39. The molecule has 0 saturated heterocycles. The summed E-state index contributed by atoms with van der Waals surface area (Å²) < 4.78 is 37.4. The van der Waals surface area contributed by atoms with E-state index >= 15 is 0 Å². The van der Waals surface area contributed by atoms with E-state index in [2.05, 4.69) is 10.6 Å². The zero-order valence-electron chi connectivity index (χ0n) is 12.9. The number of hydrogen-bond donors (Lipinski definition) is 3. The maximum absolute atomic E-state index is 12.5. The molecule has 1 aliphatic rings. The monoisotopic (exact) mass is 330 g/mol. The first-order chi connectivity index (χ1) is 10.7. The van der Waals surface area contributed by atoms with E-state index in [1.807, 2.05) is 6.92 Å². The molecule has 0 aromatic heterocycles. The summed E-state index contributed by atoms with van der Waals surface area (Å²) in [6.07, 6.45) is -1.75. The second-order valence-corrected chi connectivity index (χ2v) is 6.28. The minimum absolute atomic E-state index is 0.0108. The lowest BCUT2D eigenvalue weighted by Crippen LogP contribution is -2.48. The van der Waals surface area contributed by atoms with E-state index in [9.17, 15) is 23.1 Å². The summed E-state index contributed by atoms with van der Waals surface area (Å²) in [6, 6.07) is 4.20. The lowest BCUT2D eigenvalue weighted by atomic mass is 9.86. The Bertz CT molecular complexity index is 545. The first-order valence-electron chi connectivity index (χ1n) is 7.56. The van der Waals surface area contributed by atoms with E-state index in [1.165, 1.54) is 12.1 Å². The molecule has 23 heavy (non-hydrogen) atoms. The van der Waals surface area contributed by atoms with Crippen LogP contribution in [0.4, 0.5) is 18.0 Å². The van der Waals surface area contributed by atoms with Crippen LogP contribution in [0.15, 0.2) is 24.3 Å². The van der Waals surface area contributed by atoms with Crippen molar-refractivity contribution < 1.29 is 23.1 Å². The Morgan fingerprint density at radius 2 is 2.00 bits per heavy atom. The number of urea groups is 1. The normalized spacial score (nSPS) is 24.5. The third-order valence-corrected chi connectivity index (χ3v) is 4.48. The van der Waals surface area contributed by atoms with Crippen LogP contribution in [0.5, 0.6) is 0 Å². The van der Waals surface area contributed by atoms with Gasteiger partial charge in [0.1, 0.15) is 0 Å². The summed E-state index contributed by atoms with van der Waals surface area (Å²) >= 11 is 0. The lowest BCUT2D eigenvalue weighted by molar-refractivity contribution is -0.137. The Morgan fingerprint density at radius 1 is 1.35 bits per heavy atom. The Morgan fingerprint density at radius 3 is 2.57 bits per heavy atom. The number of carbonyl (C=O) groups excluding carboxylic acids is 1. The van der Waals surface area contributed by atoms with Gasteiger partial charge in [0.25, 0.3) is 0 Å². The van der Waals surface area contributed by atoms with Gasteiger partial charge in [0, 0.05) is 18.0 Å². The minimum Gasteiger partial charge on any atom is -0.396 e. The van der Waals surface area contributed by atoms with Gasteiger partial charge >= 0.3 is 12.2 Å². The molecule has 1 aromatic carbocycles. The van der Waals surface area contributed by atoms with Crippen molar-refractivity contribution in [3.8, 4) is 0 Å². The van der Waals surface area contributed by atoms with E-state index in [-0.39, 0.29) is 30.6 Å². The van der Waals surface area contributed by atoms with Crippen LogP contribution in [0.25, 0.3) is 0 Å². The zero-order chi connectivity index (χ0) is 17.1. The summed E-state index contributed by atoms with van der Waals surface area (Å²) in [5.74, 6) is 0. The second-order valence-electron chi connectivity index (χ2n) is 6.28. The van der Waals surface area contributed by atoms with Crippen molar-refractivity contribution in [3.05, 3.63) is 35.4 Å². The molecule has 2 unspecified atom stereocenters. The Hall–Kier alpha value is -1.76. The Labute approximate surface area is 133 Å². The molecule has 2 amide bonds. The molecule has 1 fully saturated rings. The average Bonchev–Trinajstić information content (AvgIpc) is 2.86. The number of rotatable bonds is 4. The fraction of sp³-hybridized carbons (Fsp3) is 0.562. The molecule has 0 radical (unpaired) electrons. The largest absolute Gasteiger partial charge is 0.416 e. The van der Waals surface area contributed by atoms with Crippen LogP contribution in [-0.4, -0.2) is 23.8 Å². The maximum Gasteiger partial charge on any atom is 0.416 e. The molecule has 2 rings (SSSR count). The first kappa shape index (κ1) is 17.6. The van der Waals surface area contributed by atoms with Gasteiger partial charge in [-0.05, 0) is 30.5 Å². The van der Waals surface area contributed by atoms with Crippen molar-refractivity contribution in [2.75, 3.05) is 6.61 Å². The number of amides is 2. The Balaban J connectivity index is 1.85. The van der Waals surface area contributed by atoms with Crippen molar-refractivity contribution >= 4 is 6.03 Å². The van der Waals surface area contributed by atoms with Crippen molar-refractivity contribution in [2.24, 2.45) is 5.41 Å². The molecular weight excluding hydrogens is 309 g/mol. The fourth-order valence-corrected chi connectivity index (χ4v) is 2.87. The molecule has 1 aliphatic carbocycles. The zero-order valence-corrected chi connectivity index (χ0v) is 12.9. The molecule has 7 heteroatoms. The number of nitrogens with one attached hydrogen (secondary N) is 2. The summed E-state index contributed by atoms with van der Waals surface area (Å²) in [6.45, 7) is 2.09. The fourth-order valence-electron chi connectivity index (χ4n) is 2.87. The summed E-state index contributed by atoms with van der Waals surface area (Å²) in [7, 11) is 0. The number of alkyl halides is 3. The van der Waals surface area contributed by atoms with Gasteiger partial charge < -0.3 is 15.7 Å². The van der Waals surface area contributed by atoms with Crippen LogP contribution in [0.3, 0.4) is 0 Å². The summed E-state index contributed by atoms with van der Waals surface area (Å²) in [4.78, 5) is 11.9. The molecule has 3 N–H and O–H groups in total. The van der Waals surface area contributed by atoms with Gasteiger partial charge in [-0.25, -0.2) is 4.79 Å². The van der Waals surface area contributed by atoms with Crippen molar-refractivity contribution in [1.82, 2.24) is 10.6 Å². The number of carbonyl (C=O) groups is 1. The smallest absolute Gasteiger partial charge is 0.396 e. The number of aliphatic hydroxyl groups is 1. The molecule has 0 spiro atoms. The summed E-state index contributed by atoms with van der Waals surface area (Å²) in [5, 5.41) is 14.9. The second kappa shape index (κ2) is 6.78. The van der Waals surface area contributed by atoms with Crippen LogP contribution in [0.1, 0.15) is 37.3 Å². The molecule has 2 atom stereocenters. The van der Waals surface area contributed by atoms with Gasteiger partial charge in [0.15, 0.2) is 0 Å². The van der Waals surface area contributed by atoms with E-state index in [0.29, 0.717) is 5.56 Å². The number of aliphatic hydroxyl groups excluding tert-OH is 1. The molecule has 1 aromatic rings. The average molecular weight is 330 g/mol. The maximum atomic E-state index is 12.5. The van der Waals surface area contributed by atoms with Gasteiger partial charge in [-0.15, -0.1) is 0 Å². The number of halogens is 3. The highest BCUT2D eigenvalue weighted by molar-refractivity contribution is 5.74. The predicted molar refractivity (Wildman–Crippen MR) is 79.6 cm³/mol. The van der Waals surface area contributed by atoms with E-state index in [4.69, 9.17) is 0 Å². The Kier molecular flexibility index (Phi) is 5.19. The molecule has 0 heterocycles. The molecular formula is C16H21F3N2O2. The first-order valence-corrected chi connectivity index (χ1v) is 7.56. The minimum atomic E-state index is -4.36. The van der Waals surface area contributed by atoms with Crippen molar-refractivity contribution in [1.29, 1.82) is 0 Å². The van der Waals surface area contributed by atoms with Gasteiger partial charge in [0.05, 0.1) is 12.2 Å². The number of hydrogen-bond acceptors (Lipinski definition) is 2. The number of benzene rings is 1. The lowest BCUT2D eigenvalue weighted by Gasteiger charge is -2.30. The van der Waals surface area contributed by atoms with E-state index < -0.39 is 11.7 Å². The van der Waals surface area contributed by atoms with E-state index in [1.54, 1.807) is 0 Å². The van der Waals surface area contributed by atoms with Crippen LogP contribution in [0.2, 0.25) is 0 Å². The molecule has 128 valence electrons. The van der Waals surface area contributed by atoms with Crippen LogP contribution >= 0.6 is 0 Å². The molecule has 0 bridgehead atoms. The van der Waals surface area contributed by atoms with Crippen LogP contribution in [-0.2, 0) is 12.7 Å². The molecule has 1 saturated carbocycles. The van der Waals surface area contributed by atoms with Crippen molar-refractivity contribution in [2.45, 2.75) is 44.9 Å². The third-order valence-electron chi connectivity index (χ3n) is 4.48. The SMILES string of the molecule is CC1(CO)CCCC1NC(=O)NCc1ccc(C(F)(F)F)cc1. The highest BCUT2D eigenvalue weighted by atomic mass is 19.4. The standard InChI is InChI=1S/C16H21F3N2O2/c1-15(10-22)8-2-3-13(15)21-14(23)20-9-11-4-6-12(7-5-11)16(17,18)19/h4-7,13,22H,2-3,8-10H2,1H3,(H2,20,21,23). The highest BCUT2D eigenvalue weighted by Crippen LogP contribution is 2.37. The van der Waals surface area contributed by atoms with Gasteiger partial charge in [-0.1, -0.05) is 25.5 Å². The summed E-state index contributed by atoms with van der Waals surface area (Å²) in [5.41, 5.74) is -0.439. The third kappa shape index (κ3) is 4.37. The quantitative estimate of drug-likeness (QED) is 0.794. The van der Waals surface area contributed by atoms with Crippen molar-refractivity contribution in [3.63, 3.8) is 0 Å². The van der Waals surface area contributed by atoms with Gasteiger partial charge in [0.2, 0.25) is 0 Å². The van der Waals surface area contributed by atoms with Crippen LogP contribution < -0.4 is 10.6 Å². The molecule has 4 nitrogen and oxygen atoms in total. The van der Waals surface area contributed by atoms with Crippen LogP contribution in [0, 0.1) is 5.41 Å². The van der Waals surface area contributed by atoms with E-state index in [0.717, 1.165) is 31.4 Å². The topological polar surface area (TPSA) is 61.4 Å². The van der Waals surface area contributed by atoms with Gasteiger partial charge in [-0.2, -0.15) is 13.2 Å². The van der Waals surface area contributed by atoms with Gasteiger partial charge in [-0.3, -0.25) is 0 Å².